The molecule has 1 unspecified atom stereocenters. The van der Waals surface area contributed by atoms with Gasteiger partial charge in [0.05, 0.1) is 19.4 Å². The van der Waals surface area contributed by atoms with E-state index in [1.807, 2.05) is 0 Å². The van der Waals surface area contributed by atoms with Crippen molar-refractivity contribution >= 4 is 11.9 Å². The van der Waals surface area contributed by atoms with Gasteiger partial charge in [0, 0.05) is 0 Å². The highest BCUT2D eigenvalue weighted by Crippen LogP contribution is 2.18. The molecule has 0 saturated carbocycles. The zero-order chi connectivity index (χ0) is 16.0. The summed E-state index contributed by atoms with van der Waals surface area (Å²) < 4.78 is 10.2. The SMILES string of the molecule is COc1ccc(CC(CC(=O)OC(C)(C)C)C(=O)O)cc1. The van der Waals surface area contributed by atoms with E-state index < -0.39 is 23.5 Å². The van der Waals surface area contributed by atoms with Crippen molar-refractivity contribution in [2.24, 2.45) is 5.92 Å². The van der Waals surface area contributed by atoms with E-state index in [0.29, 0.717) is 5.75 Å². The van der Waals surface area contributed by atoms with Crippen molar-refractivity contribution in [3.05, 3.63) is 29.8 Å². The highest BCUT2D eigenvalue weighted by atomic mass is 16.6. The molecular formula is C16H22O5. The molecule has 0 aliphatic rings. The van der Waals surface area contributed by atoms with Crippen LogP contribution in [0.1, 0.15) is 32.8 Å². The number of methoxy groups -OCH3 is 1. The number of carbonyl (C=O) groups excluding carboxylic acids is 1. The number of aliphatic carboxylic acids is 1. The van der Waals surface area contributed by atoms with Gasteiger partial charge in [0.15, 0.2) is 0 Å². The van der Waals surface area contributed by atoms with Gasteiger partial charge in [-0.2, -0.15) is 0 Å². The minimum absolute atomic E-state index is 0.140. The molecule has 0 radical (unpaired) electrons. The molecule has 1 aromatic carbocycles. The second-order valence-corrected chi connectivity index (χ2v) is 5.88. The van der Waals surface area contributed by atoms with E-state index in [9.17, 15) is 14.7 Å². The lowest BCUT2D eigenvalue weighted by Crippen LogP contribution is -2.28. The number of rotatable bonds is 6. The van der Waals surface area contributed by atoms with Crippen LogP contribution in [0.25, 0.3) is 0 Å². The van der Waals surface area contributed by atoms with Crippen molar-refractivity contribution in [2.75, 3.05) is 7.11 Å². The number of esters is 1. The van der Waals surface area contributed by atoms with E-state index in [-0.39, 0.29) is 12.8 Å². The predicted octanol–water partition coefficient (Wildman–Crippen LogP) is 2.67. The minimum Gasteiger partial charge on any atom is -0.497 e. The van der Waals surface area contributed by atoms with Crippen LogP contribution in [-0.2, 0) is 20.7 Å². The molecule has 0 aliphatic carbocycles. The number of benzene rings is 1. The average molecular weight is 294 g/mol. The number of hydrogen-bond donors (Lipinski definition) is 1. The third kappa shape index (κ3) is 6.29. The average Bonchev–Trinajstić information content (AvgIpc) is 2.36. The van der Waals surface area contributed by atoms with Gasteiger partial charge in [0.25, 0.3) is 0 Å². The maximum atomic E-state index is 11.8. The molecule has 21 heavy (non-hydrogen) atoms. The number of ether oxygens (including phenoxy) is 2. The minimum atomic E-state index is -1.00. The van der Waals surface area contributed by atoms with Gasteiger partial charge in [-0.15, -0.1) is 0 Å². The van der Waals surface area contributed by atoms with Crippen molar-refractivity contribution in [3.8, 4) is 5.75 Å². The summed E-state index contributed by atoms with van der Waals surface area (Å²) in [6, 6.07) is 7.12. The van der Waals surface area contributed by atoms with Crippen LogP contribution in [0.4, 0.5) is 0 Å². The van der Waals surface area contributed by atoms with Crippen molar-refractivity contribution in [2.45, 2.75) is 39.2 Å². The van der Waals surface area contributed by atoms with Gasteiger partial charge in [0.2, 0.25) is 0 Å². The molecule has 0 bridgehead atoms. The number of carboxylic acids is 1. The largest absolute Gasteiger partial charge is 0.497 e. The Balaban J connectivity index is 2.69. The Morgan fingerprint density at radius 2 is 1.76 bits per heavy atom. The van der Waals surface area contributed by atoms with Crippen LogP contribution in [0.3, 0.4) is 0 Å². The van der Waals surface area contributed by atoms with Gasteiger partial charge in [-0.3, -0.25) is 9.59 Å². The summed E-state index contributed by atoms with van der Waals surface area (Å²) in [5.41, 5.74) is 0.229. The van der Waals surface area contributed by atoms with Gasteiger partial charge >= 0.3 is 11.9 Å². The van der Waals surface area contributed by atoms with Crippen molar-refractivity contribution in [1.29, 1.82) is 0 Å². The molecule has 5 nitrogen and oxygen atoms in total. The summed E-state index contributed by atoms with van der Waals surface area (Å²) in [5, 5.41) is 9.25. The van der Waals surface area contributed by atoms with Crippen molar-refractivity contribution in [3.63, 3.8) is 0 Å². The number of hydrogen-bond acceptors (Lipinski definition) is 4. The van der Waals surface area contributed by atoms with Gasteiger partial charge in [-0.1, -0.05) is 12.1 Å². The Bertz CT molecular complexity index is 484. The third-order valence-electron chi connectivity index (χ3n) is 2.82. The Kier molecular flexibility index (Phi) is 5.76. The molecule has 1 N–H and O–H groups in total. The van der Waals surface area contributed by atoms with Crippen LogP contribution in [-0.4, -0.2) is 29.8 Å². The van der Waals surface area contributed by atoms with Gasteiger partial charge < -0.3 is 14.6 Å². The smallest absolute Gasteiger partial charge is 0.307 e. The summed E-state index contributed by atoms with van der Waals surface area (Å²) in [7, 11) is 1.57. The Labute approximate surface area is 124 Å². The normalized spacial score (nSPS) is 12.6. The molecule has 1 aromatic rings. The molecule has 5 heteroatoms. The quantitative estimate of drug-likeness (QED) is 0.817. The third-order valence-corrected chi connectivity index (χ3v) is 2.82. The van der Waals surface area contributed by atoms with Crippen LogP contribution in [0, 0.1) is 5.92 Å². The first-order chi connectivity index (χ1) is 9.71. The van der Waals surface area contributed by atoms with Gasteiger partial charge in [0.1, 0.15) is 11.4 Å². The summed E-state index contributed by atoms with van der Waals surface area (Å²) >= 11 is 0. The Morgan fingerprint density at radius 3 is 2.19 bits per heavy atom. The molecule has 0 aromatic heterocycles. The Morgan fingerprint density at radius 1 is 1.19 bits per heavy atom. The fourth-order valence-corrected chi connectivity index (χ4v) is 1.88. The highest BCUT2D eigenvalue weighted by Gasteiger charge is 2.25. The molecule has 1 atom stereocenters. The first-order valence-electron chi connectivity index (χ1n) is 6.79. The molecule has 0 spiro atoms. The van der Waals surface area contributed by atoms with Crippen molar-refractivity contribution < 1.29 is 24.2 Å². The molecule has 116 valence electrons. The first-order valence-corrected chi connectivity index (χ1v) is 6.79. The lowest BCUT2D eigenvalue weighted by molar-refractivity contribution is -0.159. The standard InChI is InChI=1S/C16H22O5/c1-16(2,3)21-14(17)10-12(15(18)19)9-11-5-7-13(20-4)8-6-11/h5-8,12H,9-10H2,1-4H3,(H,18,19). The molecule has 0 aliphatic heterocycles. The summed E-state index contributed by atoms with van der Waals surface area (Å²) in [4.78, 5) is 23.1. The molecule has 0 amide bonds. The van der Waals surface area contributed by atoms with Crippen LogP contribution in [0.2, 0.25) is 0 Å². The van der Waals surface area contributed by atoms with Crippen LogP contribution >= 0.6 is 0 Å². The first kappa shape index (κ1) is 17.0. The second-order valence-electron chi connectivity index (χ2n) is 5.88. The summed E-state index contributed by atoms with van der Waals surface area (Å²) in [6.45, 7) is 5.26. The summed E-state index contributed by atoms with van der Waals surface area (Å²) in [5.74, 6) is -1.59. The molecule has 1 rings (SSSR count). The van der Waals surface area contributed by atoms with E-state index in [2.05, 4.69) is 0 Å². The van der Waals surface area contributed by atoms with Crippen LogP contribution in [0.15, 0.2) is 24.3 Å². The van der Waals surface area contributed by atoms with Gasteiger partial charge in [-0.05, 0) is 44.9 Å². The van der Waals surface area contributed by atoms with Crippen molar-refractivity contribution in [1.82, 2.24) is 0 Å². The van der Waals surface area contributed by atoms with Crippen LogP contribution < -0.4 is 4.74 Å². The zero-order valence-corrected chi connectivity index (χ0v) is 12.9. The fraction of sp³-hybridized carbons (Fsp3) is 0.500. The van der Waals surface area contributed by atoms with E-state index in [1.165, 1.54) is 0 Å². The fourth-order valence-electron chi connectivity index (χ4n) is 1.88. The zero-order valence-electron chi connectivity index (χ0n) is 12.9. The topological polar surface area (TPSA) is 72.8 Å². The maximum Gasteiger partial charge on any atom is 0.307 e. The van der Waals surface area contributed by atoms with Crippen LogP contribution in [0.5, 0.6) is 5.75 Å². The van der Waals surface area contributed by atoms with E-state index in [4.69, 9.17) is 9.47 Å². The summed E-state index contributed by atoms with van der Waals surface area (Å²) in [6.07, 6.45) is 0.136. The lowest BCUT2D eigenvalue weighted by atomic mass is 9.96. The van der Waals surface area contributed by atoms with E-state index in [1.54, 1.807) is 52.1 Å². The van der Waals surface area contributed by atoms with E-state index >= 15 is 0 Å². The molecule has 0 fully saturated rings. The molecular weight excluding hydrogens is 272 g/mol. The Hall–Kier alpha value is -2.04. The van der Waals surface area contributed by atoms with E-state index in [0.717, 1.165) is 5.56 Å². The number of carbonyl (C=O) groups is 2. The molecule has 0 saturated heterocycles. The maximum absolute atomic E-state index is 11.8. The molecule has 0 heterocycles. The lowest BCUT2D eigenvalue weighted by Gasteiger charge is -2.21. The predicted molar refractivity (Wildman–Crippen MR) is 78.3 cm³/mol. The monoisotopic (exact) mass is 294 g/mol. The second kappa shape index (κ2) is 7.11. The van der Waals surface area contributed by atoms with Gasteiger partial charge in [-0.25, -0.2) is 0 Å². The number of carboxylic acid groups (broad SMARTS) is 1. The highest BCUT2D eigenvalue weighted by molar-refractivity contribution is 5.79.